The molecule has 0 radical (unpaired) electrons. The Balaban J connectivity index is 0.000000258. The van der Waals surface area contributed by atoms with Crippen molar-refractivity contribution in [3.8, 4) is 0 Å². The number of rotatable bonds is 3. The average Bonchev–Trinajstić information content (AvgIpc) is 2.72. The number of hydrogen-bond acceptors (Lipinski definition) is 0. The Hall–Kier alpha value is -3.13. The van der Waals surface area contributed by atoms with Gasteiger partial charge in [-0.3, -0.25) is 0 Å². The Morgan fingerprint density at radius 3 is 0.960 bits per heavy atom. The van der Waals surface area contributed by atoms with Gasteiger partial charge in [0.05, 0.1) is 0 Å². The minimum atomic E-state index is 0.309. The number of benzene rings is 3. The maximum absolute atomic E-state index is 2.89. The van der Waals surface area contributed by atoms with Gasteiger partial charge in [-0.25, -0.2) is 4.98 Å². The van der Waals surface area contributed by atoms with E-state index in [9.17, 15) is 0 Å². The largest absolute Gasteiger partial charge is 0.241 e. The van der Waals surface area contributed by atoms with Crippen LogP contribution in [0, 0.1) is 0 Å². The minimum Gasteiger partial charge on any atom is -0.218 e. The van der Waals surface area contributed by atoms with E-state index in [2.05, 4.69) is 96.0 Å². The molecule has 0 aliphatic rings. The fourth-order valence-corrected chi connectivity index (χ4v) is 2.86. The Kier molecular flexibility index (Phi) is 6.18. The van der Waals surface area contributed by atoms with Gasteiger partial charge in [-0.15, -0.1) is 0 Å². The summed E-state index contributed by atoms with van der Waals surface area (Å²) in [6, 6.07) is 37.9. The topological polar surface area (TPSA) is 14.1 Å². The molecule has 0 unspecified atom stereocenters. The molecule has 0 fully saturated rings. The van der Waals surface area contributed by atoms with E-state index in [1.807, 2.05) is 30.6 Å². The number of hydrogen-bond donors (Lipinski definition) is 0. The first-order chi connectivity index (χ1) is 12.4. The van der Waals surface area contributed by atoms with Gasteiger partial charge in [-0.05, 0) is 0 Å². The molecule has 0 atom stereocenters. The zero-order valence-corrected chi connectivity index (χ0v) is 14.1. The molecule has 1 heterocycles. The standard InChI is InChI=1S/C18H15B.C5H5N/c1-4-10-16(11-5-1)19(17-12-6-2-7-13-17)18-14-8-3-9-15-18;1-2-4-6-5-3-1/h1-15H;1-5H/p+1. The highest BCUT2D eigenvalue weighted by Gasteiger charge is 2.20. The molecule has 0 amide bonds. The zero-order chi connectivity index (χ0) is 17.2. The summed E-state index contributed by atoms with van der Waals surface area (Å²) in [5.74, 6) is 0. The molecule has 1 aromatic heterocycles. The van der Waals surface area contributed by atoms with Crippen LogP contribution in [0.4, 0.5) is 0 Å². The fourth-order valence-electron chi connectivity index (χ4n) is 2.86. The molecule has 4 rings (SSSR count). The molecule has 0 aliphatic heterocycles. The highest BCUT2D eigenvalue weighted by atomic mass is 14.6. The predicted molar refractivity (Wildman–Crippen MR) is 107 cm³/mol. The Morgan fingerprint density at radius 2 is 0.720 bits per heavy atom. The number of aromatic nitrogens is 1. The lowest BCUT2D eigenvalue weighted by atomic mass is 9.37. The van der Waals surface area contributed by atoms with Crippen molar-refractivity contribution in [1.82, 2.24) is 0 Å². The van der Waals surface area contributed by atoms with Crippen LogP contribution in [0.15, 0.2) is 122 Å². The molecule has 0 aliphatic carbocycles. The van der Waals surface area contributed by atoms with Gasteiger partial charge >= 0.3 is 0 Å². The molecular weight excluding hydrogens is 301 g/mol. The van der Waals surface area contributed by atoms with Crippen LogP contribution in [0.25, 0.3) is 0 Å². The third-order valence-corrected chi connectivity index (χ3v) is 4.01. The molecule has 120 valence electrons. The smallest absolute Gasteiger partial charge is 0.218 e. The van der Waals surface area contributed by atoms with Gasteiger partial charge in [0.1, 0.15) is 0 Å². The van der Waals surface area contributed by atoms with Crippen molar-refractivity contribution in [1.29, 1.82) is 0 Å². The summed E-state index contributed by atoms with van der Waals surface area (Å²) in [6.07, 6.45) is 3.75. The average molecular weight is 322 g/mol. The summed E-state index contributed by atoms with van der Waals surface area (Å²) < 4.78 is 0. The molecular formula is C23H21BN+. The van der Waals surface area contributed by atoms with E-state index in [4.69, 9.17) is 0 Å². The summed E-state index contributed by atoms with van der Waals surface area (Å²) in [5, 5.41) is 0. The lowest BCUT2D eigenvalue weighted by molar-refractivity contribution is -0.377. The summed E-state index contributed by atoms with van der Waals surface area (Å²) in [6.45, 7) is 0.309. The van der Waals surface area contributed by atoms with Crippen LogP contribution in [-0.2, 0) is 0 Å². The SMILES string of the molecule is c1cc[nH+]cc1.c1ccc(B(c2ccccc2)c2ccccc2)cc1. The normalized spacial score (nSPS) is 9.60. The molecule has 0 saturated carbocycles. The van der Waals surface area contributed by atoms with Crippen molar-refractivity contribution in [2.24, 2.45) is 0 Å². The van der Waals surface area contributed by atoms with Crippen LogP contribution < -0.4 is 21.4 Å². The predicted octanol–water partition coefficient (Wildman–Crippen LogP) is 2.70. The summed E-state index contributed by atoms with van der Waals surface area (Å²) in [5.41, 5.74) is 4.00. The van der Waals surface area contributed by atoms with Gasteiger partial charge < -0.3 is 0 Å². The van der Waals surface area contributed by atoms with Gasteiger partial charge in [0.25, 0.3) is 0 Å². The van der Waals surface area contributed by atoms with E-state index >= 15 is 0 Å². The lowest BCUT2D eigenvalue weighted by Gasteiger charge is -2.15. The summed E-state index contributed by atoms with van der Waals surface area (Å²) >= 11 is 0. The zero-order valence-electron chi connectivity index (χ0n) is 14.1. The van der Waals surface area contributed by atoms with Gasteiger partial charge in [0.15, 0.2) is 12.4 Å². The molecule has 1 N–H and O–H groups in total. The molecule has 3 aromatic carbocycles. The van der Waals surface area contributed by atoms with Gasteiger partial charge in [0.2, 0.25) is 6.71 Å². The molecule has 0 bridgehead atoms. The molecule has 2 heteroatoms. The third-order valence-electron chi connectivity index (χ3n) is 4.01. The van der Waals surface area contributed by atoms with E-state index < -0.39 is 0 Å². The van der Waals surface area contributed by atoms with Crippen LogP contribution in [0.5, 0.6) is 0 Å². The van der Waals surface area contributed by atoms with Crippen LogP contribution in [0.1, 0.15) is 0 Å². The first-order valence-corrected chi connectivity index (χ1v) is 8.51. The van der Waals surface area contributed by atoms with E-state index in [1.54, 1.807) is 0 Å². The van der Waals surface area contributed by atoms with E-state index in [0.717, 1.165) is 0 Å². The van der Waals surface area contributed by atoms with Crippen molar-refractivity contribution in [2.75, 3.05) is 0 Å². The monoisotopic (exact) mass is 322 g/mol. The first-order valence-electron chi connectivity index (χ1n) is 8.51. The van der Waals surface area contributed by atoms with Gasteiger partial charge in [-0.1, -0.05) is 113 Å². The van der Waals surface area contributed by atoms with Crippen LogP contribution in [-0.4, -0.2) is 6.71 Å². The van der Waals surface area contributed by atoms with Crippen molar-refractivity contribution in [2.45, 2.75) is 0 Å². The van der Waals surface area contributed by atoms with Crippen LogP contribution >= 0.6 is 0 Å². The molecule has 4 aromatic rings. The third kappa shape index (κ3) is 4.92. The van der Waals surface area contributed by atoms with Crippen molar-refractivity contribution < 1.29 is 4.98 Å². The molecule has 0 saturated heterocycles. The van der Waals surface area contributed by atoms with Gasteiger partial charge in [0, 0.05) is 12.1 Å². The van der Waals surface area contributed by atoms with Gasteiger partial charge in [-0.2, -0.15) is 0 Å². The van der Waals surface area contributed by atoms with Crippen molar-refractivity contribution >= 4 is 23.1 Å². The van der Waals surface area contributed by atoms with Crippen molar-refractivity contribution in [3.63, 3.8) is 0 Å². The van der Waals surface area contributed by atoms with E-state index in [0.29, 0.717) is 6.71 Å². The second-order valence-corrected chi connectivity index (χ2v) is 5.74. The minimum absolute atomic E-state index is 0.309. The maximum atomic E-state index is 2.89. The second kappa shape index (κ2) is 9.24. The number of nitrogens with one attached hydrogen (secondary N) is 1. The molecule has 25 heavy (non-hydrogen) atoms. The first kappa shape index (κ1) is 16.7. The molecule has 0 spiro atoms. The lowest BCUT2D eigenvalue weighted by Crippen LogP contribution is -2.51. The van der Waals surface area contributed by atoms with E-state index in [1.165, 1.54) is 16.4 Å². The Labute approximate surface area is 150 Å². The molecule has 1 nitrogen and oxygen atoms in total. The highest BCUT2D eigenvalue weighted by Crippen LogP contribution is 1.95. The van der Waals surface area contributed by atoms with E-state index in [-0.39, 0.29) is 0 Å². The van der Waals surface area contributed by atoms with Crippen LogP contribution in [0.2, 0.25) is 0 Å². The number of pyridine rings is 1. The fraction of sp³-hybridized carbons (Fsp3) is 0. The number of H-pyrrole nitrogens is 1. The van der Waals surface area contributed by atoms with Crippen molar-refractivity contribution in [3.05, 3.63) is 122 Å². The summed E-state index contributed by atoms with van der Waals surface area (Å²) in [4.78, 5) is 2.89. The maximum Gasteiger partial charge on any atom is 0.241 e. The summed E-state index contributed by atoms with van der Waals surface area (Å²) in [7, 11) is 0. The quantitative estimate of drug-likeness (QED) is 0.515. The number of aromatic amines is 1. The second-order valence-electron chi connectivity index (χ2n) is 5.74. The Bertz CT molecular complexity index is 713. The Morgan fingerprint density at radius 1 is 0.400 bits per heavy atom. The van der Waals surface area contributed by atoms with Crippen LogP contribution in [0.3, 0.4) is 0 Å². The highest BCUT2D eigenvalue weighted by molar-refractivity contribution is 6.95.